The molecule has 364 valence electrons. The van der Waals surface area contributed by atoms with E-state index in [-0.39, 0.29) is 40.1 Å². The van der Waals surface area contributed by atoms with Crippen molar-refractivity contribution in [1.82, 2.24) is 35.2 Å². The number of nitrogen functional groups attached to an aromatic ring is 2. The average molecular weight is 1050 g/mol. The number of aromatic nitrogens is 6. The minimum atomic E-state index is -3.52. The van der Waals surface area contributed by atoms with Crippen LogP contribution in [0, 0.1) is 13.8 Å². The zero-order valence-electron chi connectivity index (χ0n) is 38.0. The summed E-state index contributed by atoms with van der Waals surface area (Å²) in [6.45, 7) is 4.57. The molecular weight excluding hydrogens is 999 g/mol. The van der Waals surface area contributed by atoms with Crippen LogP contribution in [0.15, 0.2) is 120 Å². The van der Waals surface area contributed by atoms with E-state index in [1.54, 1.807) is 54.7 Å². The van der Waals surface area contributed by atoms with Crippen molar-refractivity contribution in [2.24, 2.45) is 5.73 Å². The van der Waals surface area contributed by atoms with Crippen molar-refractivity contribution in [3.8, 4) is 0 Å². The number of halogens is 3. The van der Waals surface area contributed by atoms with Crippen LogP contribution in [-0.2, 0) is 45.6 Å². The second-order valence-electron chi connectivity index (χ2n) is 15.8. The van der Waals surface area contributed by atoms with E-state index in [4.69, 9.17) is 45.5 Å². The Morgan fingerprint density at radius 3 is 1.50 bits per heavy atom. The highest BCUT2D eigenvalue weighted by Gasteiger charge is 2.18. The summed E-state index contributed by atoms with van der Waals surface area (Å²) >= 11 is 12.0. The summed E-state index contributed by atoms with van der Waals surface area (Å²) in [6.07, 6.45) is 8.65. The number of aromatic carboxylic acids is 1. The first-order chi connectivity index (χ1) is 32.6. The van der Waals surface area contributed by atoms with Crippen LogP contribution in [0.3, 0.4) is 0 Å². The standard InChI is InChI=1S/C24H22ClN5O3S.C17H13ClN2O4S.C7H11N3.ClH/c1-14-17(3-4-22(26)30-14)12-29-24(31)16-5-6-27-20(11-16)8-15-7-18-10-19(25)13-28-23(18)21(9-15)34(2,32)33;1-25(23,24)15-6-10(4-12-7-13(18)9-20-16(12)15)5-14-8-11(17(21)22)2-3-19-14;1-5-6(4-8)2-3-7(9)10-5;/h3-7,9-11,13H,8,12H2,1-2H3,(H2,26,30)(H,29,31);2-4,6-9H,5H2,1H3,(H,21,22);2-3H,4,8H2,1H3,(H2,9,10);1H. The topological polar surface area (TPSA) is 290 Å². The van der Waals surface area contributed by atoms with Crippen molar-refractivity contribution in [3.63, 3.8) is 0 Å². The lowest BCUT2D eigenvalue weighted by molar-refractivity contribution is 0.0696. The Kier molecular flexibility index (Phi) is 17.9. The molecule has 0 atom stereocenters. The maximum Gasteiger partial charge on any atom is 0.335 e. The van der Waals surface area contributed by atoms with Crippen molar-refractivity contribution >= 4 is 101 Å². The Balaban J connectivity index is 0.000000221. The number of sulfone groups is 2. The lowest BCUT2D eigenvalue weighted by atomic mass is 10.0. The van der Waals surface area contributed by atoms with Gasteiger partial charge in [0.2, 0.25) is 0 Å². The number of aryl methyl sites for hydroxylation is 2. The second-order valence-corrected chi connectivity index (χ2v) is 20.6. The van der Waals surface area contributed by atoms with Gasteiger partial charge in [-0.25, -0.2) is 31.6 Å². The summed E-state index contributed by atoms with van der Waals surface area (Å²) in [6, 6.07) is 23.4. The zero-order chi connectivity index (χ0) is 50.2. The highest BCUT2D eigenvalue weighted by molar-refractivity contribution is 7.91. The molecule has 0 saturated heterocycles. The largest absolute Gasteiger partial charge is 0.478 e. The first-order valence-corrected chi connectivity index (χ1v) is 25.2. The highest BCUT2D eigenvalue weighted by atomic mass is 35.5. The predicted octanol–water partition coefficient (Wildman–Crippen LogP) is 7.32. The Morgan fingerprint density at radius 2 is 1.07 bits per heavy atom. The average Bonchev–Trinajstić information content (AvgIpc) is 3.28. The summed E-state index contributed by atoms with van der Waals surface area (Å²) < 4.78 is 48.9. The predicted molar refractivity (Wildman–Crippen MR) is 274 cm³/mol. The Labute approximate surface area is 420 Å². The number of pyridine rings is 6. The third-order valence-corrected chi connectivity index (χ3v) is 13.0. The molecular formula is C48H47Cl3N10O7S2. The normalized spacial score (nSPS) is 11.1. The van der Waals surface area contributed by atoms with Gasteiger partial charge in [0.25, 0.3) is 5.91 Å². The molecule has 8 rings (SSSR count). The van der Waals surface area contributed by atoms with Crippen LogP contribution in [0.1, 0.15) is 65.7 Å². The van der Waals surface area contributed by atoms with Crippen LogP contribution in [0.4, 0.5) is 11.6 Å². The number of anilines is 2. The van der Waals surface area contributed by atoms with Crippen LogP contribution in [0.25, 0.3) is 21.8 Å². The number of carbonyl (C=O) groups excluding carboxylic acids is 1. The minimum Gasteiger partial charge on any atom is -0.478 e. The summed E-state index contributed by atoms with van der Waals surface area (Å²) in [5.41, 5.74) is 23.9. The molecule has 0 radical (unpaired) electrons. The lowest BCUT2D eigenvalue weighted by Crippen LogP contribution is -2.23. The number of carbonyl (C=O) groups is 2. The summed E-state index contributed by atoms with van der Waals surface area (Å²) in [5.74, 6) is -0.326. The molecule has 0 unspecified atom stereocenters. The van der Waals surface area contributed by atoms with Gasteiger partial charge in [-0.3, -0.25) is 24.7 Å². The Morgan fingerprint density at radius 1 is 0.629 bits per heavy atom. The van der Waals surface area contributed by atoms with Gasteiger partial charge in [0, 0.05) is 102 Å². The van der Waals surface area contributed by atoms with E-state index in [2.05, 4.69) is 35.2 Å². The number of hydrogen-bond donors (Lipinski definition) is 5. The van der Waals surface area contributed by atoms with Gasteiger partial charge in [-0.05, 0) is 109 Å². The van der Waals surface area contributed by atoms with Gasteiger partial charge in [0.15, 0.2) is 19.7 Å². The molecule has 0 spiro atoms. The summed E-state index contributed by atoms with van der Waals surface area (Å²) in [5, 5.41) is 14.0. The van der Waals surface area contributed by atoms with Crippen molar-refractivity contribution < 1.29 is 31.5 Å². The first kappa shape index (κ1) is 54.1. The Bertz CT molecular complexity index is 3500. The molecule has 22 heteroatoms. The number of amides is 1. The number of nitrogens with one attached hydrogen (secondary N) is 1. The van der Waals surface area contributed by atoms with Crippen LogP contribution in [0.2, 0.25) is 10.0 Å². The van der Waals surface area contributed by atoms with Crippen molar-refractivity contribution in [1.29, 1.82) is 0 Å². The van der Waals surface area contributed by atoms with Crippen molar-refractivity contribution in [2.75, 3.05) is 24.0 Å². The van der Waals surface area contributed by atoms with E-state index >= 15 is 0 Å². The monoisotopic (exact) mass is 1040 g/mol. The Hall–Kier alpha value is -6.87. The number of nitrogens with zero attached hydrogens (tertiary/aromatic N) is 6. The van der Waals surface area contributed by atoms with Crippen LogP contribution < -0.4 is 22.5 Å². The van der Waals surface area contributed by atoms with Gasteiger partial charge >= 0.3 is 5.97 Å². The fourth-order valence-corrected chi connectivity index (χ4v) is 9.12. The zero-order valence-corrected chi connectivity index (χ0v) is 42.0. The number of carboxylic acids is 1. The molecule has 6 aromatic heterocycles. The number of rotatable bonds is 11. The maximum absolute atomic E-state index is 12.7. The van der Waals surface area contributed by atoms with E-state index in [0.717, 1.165) is 35.0 Å². The molecule has 8 aromatic rings. The molecule has 0 saturated carbocycles. The molecule has 0 aliphatic rings. The second kappa shape index (κ2) is 23.2. The van der Waals surface area contributed by atoms with Crippen molar-refractivity contribution in [3.05, 3.63) is 176 Å². The molecule has 2 aromatic carbocycles. The summed E-state index contributed by atoms with van der Waals surface area (Å²) in [4.78, 5) is 49.1. The molecule has 70 heavy (non-hydrogen) atoms. The van der Waals surface area contributed by atoms with Gasteiger partial charge in [-0.1, -0.05) is 35.3 Å². The first-order valence-electron chi connectivity index (χ1n) is 20.7. The molecule has 0 aliphatic heterocycles. The van der Waals surface area contributed by atoms with Crippen molar-refractivity contribution in [2.45, 2.75) is 49.6 Å². The number of nitrogens with two attached hydrogens (primary N) is 3. The van der Waals surface area contributed by atoms with Gasteiger partial charge in [0.05, 0.1) is 36.4 Å². The van der Waals surface area contributed by atoms with Crippen LogP contribution >= 0.6 is 35.6 Å². The lowest BCUT2D eigenvalue weighted by Gasteiger charge is -2.10. The van der Waals surface area contributed by atoms with E-state index in [1.807, 2.05) is 32.0 Å². The molecule has 17 nitrogen and oxygen atoms in total. The van der Waals surface area contributed by atoms with E-state index in [1.165, 1.54) is 36.8 Å². The van der Waals surface area contributed by atoms with E-state index in [0.29, 0.717) is 91.1 Å². The van der Waals surface area contributed by atoms with Crippen LogP contribution in [0.5, 0.6) is 0 Å². The smallest absolute Gasteiger partial charge is 0.335 e. The third kappa shape index (κ3) is 14.3. The maximum atomic E-state index is 12.7. The number of fused-ring (bicyclic) bond motifs is 2. The minimum absolute atomic E-state index is 0. The molecule has 0 fully saturated rings. The van der Waals surface area contributed by atoms with Gasteiger partial charge in [-0.2, -0.15) is 0 Å². The summed E-state index contributed by atoms with van der Waals surface area (Å²) in [7, 11) is -7.02. The third-order valence-electron chi connectivity index (χ3n) is 10.4. The van der Waals surface area contributed by atoms with Gasteiger partial charge in [0.1, 0.15) is 11.6 Å². The molecule has 1 amide bonds. The number of carboxylic acid groups (broad SMARTS) is 1. The number of hydrogen-bond acceptors (Lipinski definition) is 15. The molecule has 6 heterocycles. The SMILES string of the molecule is CS(=O)(=O)c1cc(Cc2cc(C(=O)O)ccn2)cc2cc(Cl)cnc12.Cc1nc(N)ccc1CN.Cc1nc(N)ccc1CNC(=O)c1ccnc(Cc2cc(S(C)(=O)=O)c3ncc(Cl)cc3c2)c1.Cl. The molecule has 8 N–H and O–H groups in total. The fourth-order valence-electron chi connectivity index (χ4n) is 7.01. The van der Waals surface area contributed by atoms with Gasteiger partial charge < -0.3 is 27.6 Å². The molecule has 0 aliphatic carbocycles. The van der Waals surface area contributed by atoms with Gasteiger partial charge in [-0.15, -0.1) is 12.4 Å². The van der Waals surface area contributed by atoms with E-state index in [9.17, 15) is 26.4 Å². The quantitative estimate of drug-likeness (QED) is 0.0848. The highest BCUT2D eigenvalue weighted by Crippen LogP contribution is 2.28. The molecule has 0 bridgehead atoms. The van der Waals surface area contributed by atoms with E-state index < -0.39 is 25.6 Å². The fraction of sp³-hybridized carbons (Fsp3) is 0.167. The number of benzene rings is 2. The van der Waals surface area contributed by atoms with Crippen LogP contribution in [-0.4, -0.2) is 76.2 Å².